The van der Waals surface area contributed by atoms with Gasteiger partial charge in [0.15, 0.2) is 0 Å². The summed E-state index contributed by atoms with van der Waals surface area (Å²) >= 11 is 0. The SMILES string of the molecule is CCc1cccc2c1OC(C)(C)CC2O. The van der Waals surface area contributed by atoms with Crippen molar-refractivity contribution in [3.8, 4) is 5.75 Å². The Morgan fingerprint density at radius 1 is 1.47 bits per heavy atom. The average Bonchev–Trinajstić information content (AvgIpc) is 2.15. The van der Waals surface area contributed by atoms with Crippen LogP contribution in [0.15, 0.2) is 18.2 Å². The van der Waals surface area contributed by atoms with Crippen LogP contribution >= 0.6 is 0 Å². The van der Waals surface area contributed by atoms with Crippen molar-refractivity contribution in [2.24, 2.45) is 0 Å². The van der Waals surface area contributed by atoms with E-state index in [-0.39, 0.29) is 5.60 Å². The molecule has 0 spiro atoms. The molecule has 1 aromatic rings. The number of aliphatic hydroxyl groups excluding tert-OH is 1. The van der Waals surface area contributed by atoms with Crippen LogP contribution in [-0.4, -0.2) is 10.7 Å². The largest absolute Gasteiger partial charge is 0.487 e. The second-order valence-electron chi connectivity index (χ2n) is 4.77. The van der Waals surface area contributed by atoms with Gasteiger partial charge < -0.3 is 9.84 Å². The van der Waals surface area contributed by atoms with Gasteiger partial charge in [0.1, 0.15) is 11.4 Å². The van der Waals surface area contributed by atoms with Gasteiger partial charge in [0, 0.05) is 12.0 Å². The highest BCUT2D eigenvalue weighted by atomic mass is 16.5. The third-order valence-corrected chi connectivity index (χ3v) is 2.93. The van der Waals surface area contributed by atoms with Gasteiger partial charge >= 0.3 is 0 Å². The number of aryl methyl sites for hydroxylation is 1. The third-order valence-electron chi connectivity index (χ3n) is 2.93. The van der Waals surface area contributed by atoms with Gasteiger partial charge in [-0.3, -0.25) is 0 Å². The summed E-state index contributed by atoms with van der Waals surface area (Å²) in [6.07, 6.45) is 1.20. The summed E-state index contributed by atoms with van der Waals surface area (Å²) in [6.45, 7) is 6.14. The van der Waals surface area contributed by atoms with E-state index in [1.54, 1.807) is 0 Å². The van der Waals surface area contributed by atoms with E-state index in [0.717, 1.165) is 17.7 Å². The number of para-hydroxylation sites is 1. The fourth-order valence-corrected chi connectivity index (χ4v) is 2.16. The molecule has 0 aromatic heterocycles. The average molecular weight is 206 g/mol. The van der Waals surface area contributed by atoms with Crippen LogP contribution in [0.1, 0.15) is 44.4 Å². The van der Waals surface area contributed by atoms with Crippen LogP contribution in [0, 0.1) is 0 Å². The van der Waals surface area contributed by atoms with E-state index >= 15 is 0 Å². The van der Waals surface area contributed by atoms with Gasteiger partial charge in [0.25, 0.3) is 0 Å². The molecule has 15 heavy (non-hydrogen) atoms. The Bertz CT molecular complexity index is 369. The number of benzene rings is 1. The lowest BCUT2D eigenvalue weighted by Gasteiger charge is -2.36. The summed E-state index contributed by atoms with van der Waals surface area (Å²) in [5, 5.41) is 10.0. The van der Waals surface area contributed by atoms with E-state index in [0.29, 0.717) is 6.42 Å². The predicted molar refractivity (Wildman–Crippen MR) is 60.1 cm³/mol. The van der Waals surface area contributed by atoms with Gasteiger partial charge in [-0.15, -0.1) is 0 Å². The topological polar surface area (TPSA) is 29.5 Å². The summed E-state index contributed by atoms with van der Waals surface area (Å²) in [5.41, 5.74) is 1.85. The molecule has 1 atom stereocenters. The molecule has 0 fully saturated rings. The standard InChI is InChI=1S/C13H18O2/c1-4-9-6-5-7-10-11(14)8-13(2,3)15-12(9)10/h5-7,11,14H,4,8H2,1-3H3. The van der Waals surface area contributed by atoms with Crippen LogP contribution in [-0.2, 0) is 6.42 Å². The summed E-state index contributed by atoms with van der Waals surface area (Å²) in [6, 6.07) is 6.00. The van der Waals surface area contributed by atoms with E-state index in [2.05, 4.69) is 13.0 Å². The minimum Gasteiger partial charge on any atom is -0.487 e. The van der Waals surface area contributed by atoms with Crippen LogP contribution in [0.5, 0.6) is 5.75 Å². The Hall–Kier alpha value is -1.02. The highest BCUT2D eigenvalue weighted by molar-refractivity contribution is 5.44. The molecule has 0 aliphatic carbocycles. The Morgan fingerprint density at radius 2 is 2.20 bits per heavy atom. The highest BCUT2D eigenvalue weighted by Crippen LogP contribution is 2.41. The van der Waals surface area contributed by atoms with Crippen molar-refractivity contribution in [2.45, 2.75) is 45.3 Å². The van der Waals surface area contributed by atoms with Crippen molar-refractivity contribution in [1.29, 1.82) is 0 Å². The fourth-order valence-electron chi connectivity index (χ4n) is 2.16. The molecule has 1 heterocycles. The van der Waals surface area contributed by atoms with Crippen molar-refractivity contribution < 1.29 is 9.84 Å². The molecule has 0 saturated carbocycles. The number of hydrogen-bond acceptors (Lipinski definition) is 2. The normalized spacial score (nSPS) is 23.1. The number of ether oxygens (including phenoxy) is 1. The monoisotopic (exact) mass is 206 g/mol. The number of rotatable bonds is 1. The molecule has 2 nitrogen and oxygen atoms in total. The van der Waals surface area contributed by atoms with Crippen molar-refractivity contribution in [1.82, 2.24) is 0 Å². The lowest BCUT2D eigenvalue weighted by molar-refractivity contribution is 0.0107. The first-order chi connectivity index (χ1) is 7.03. The van der Waals surface area contributed by atoms with Crippen LogP contribution < -0.4 is 4.74 Å². The van der Waals surface area contributed by atoms with Crippen molar-refractivity contribution in [2.75, 3.05) is 0 Å². The summed E-state index contributed by atoms with van der Waals surface area (Å²) in [5.74, 6) is 0.892. The fraction of sp³-hybridized carbons (Fsp3) is 0.538. The highest BCUT2D eigenvalue weighted by Gasteiger charge is 2.33. The summed E-state index contributed by atoms with van der Waals surface area (Å²) in [4.78, 5) is 0. The van der Waals surface area contributed by atoms with Gasteiger partial charge in [-0.25, -0.2) is 0 Å². The molecule has 2 rings (SSSR count). The van der Waals surface area contributed by atoms with Crippen LogP contribution in [0.25, 0.3) is 0 Å². The van der Waals surface area contributed by atoms with Crippen molar-refractivity contribution in [3.63, 3.8) is 0 Å². The lowest BCUT2D eigenvalue weighted by atomic mass is 9.90. The number of hydrogen-bond donors (Lipinski definition) is 1. The Balaban J connectivity index is 2.50. The Kier molecular flexibility index (Phi) is 2.47. The first-order valence-corrected chi connectivity index (χ1v) is 5.52. The molecule has 0 radical (unpaired) electrons. The van der Waals surface area contributed by atoms with E-state index in [9.17, 15) is 5.11 Å². The molecular weight excluding hydrogens is 188 g/mol. The molecule has 1 unspecified atom stereocenters. The predicted octanol–water partition coefficient (Wildman–Crippen LogP) is 2.84. The van der Waals surface area contributed by atoms with E-state index in [1.165, 1.54) is 5.56 Å². The van der Waals surface area contributed by atoms with Crippen LogP contribution in [0.4, 0.5) is 0 Å². The van der Waals surface area contributed by atoms with Gasteiger partial charge in [-0.2, -0.15) is 0 Å². The van der Waals surface area contributed by atoms with Gasteiger partial charge in [-0.1, -0.05) is 25.1 Å². The third kappa shape index (κ3) is 1.86. The van der Waals surface area contributed by atoms with Gasteiger partial charge in [-0.05, 0) is 25.8 Å². The molecule has 0 saturated heterocycles. The first kappa shape index (κ1) is 10.5. The van der Waals surface area contributed by atoms with Gasteiger partial charge in [0.2, 0.25) is 0 Å². The minimum atomic E-state index is -0.393. The molecule has 0 amide bonds. The Labute approximate surface area is 90.9 Å². The zero-order chi connectivity index (χ0) is 11.1. The molecule has 2 heteroatoms. The molecule has 1 aliphatic heterocycles. The molecule has 1 N–H and O–H groups in total. The Morgan fingerprint density at radius 3 is 2.87 bits per heavy atom. The van der Waals surface area contributed by atoms with E-state index in [1.807, 2.05) is 26.0 Å². The lowest BCUT2D eigenvalue weighted by Crippen LogP contribution is -2.35. The molecular formula is C13H18O2. The summed E-state index contributed by atoms with van der Waals surface area (Å²) in [7, 11) is 0. The maximum absolute atomic E-state index is 10.0. The second-order valence-corrected chi connectivity index (χ2v) is 4.77. The van der Waals surface area contributed by atoms with E-state index in [4.69, 9.17) is 4.74 Å². The van der Waals surface area contributed by atoms with Crippen molar-refractivity contribution in [3.05, 3.63) is 29.3 Å². The smallest absolute Gasteiger partial charge is 0.129 e. The van der Waals surface area contributed by atoms with E-state index < -0.39 is 6.10 Å². The number of fused-ring (bicyclic) bond motifs is 1. The maximum atomic E-state index is 10.0. The molecule has 82 valence electrons. The zero-order valence-electron chi connectivity index (χ0n) is 9.58. The van der Waals surface area contributed by atoms with Gasteiger partial charge in [0.05, 0.1) is 6.10 Å². The minimum absolute atomic E-state index is 0.266. The van der Waals surface area contributed by atoms with Crippen LogP contribution in [0.3, 0.4) is 0 Å². The zero-order valence-corrected chi connectivity index (χ0v) is 9.58. The summed E-state index contributed by atoms with van der Waals surface area (Å²) < 4.78 is 5.95. The quantitative estimate of drug-likeness (QED) is 0.765. The molecule has 1 aromatic carbocycles. The first-order valence-electron chi connectivity index (χ1n) is 5.52. The maximum Gasteiger partial charge on any atom is 0.129 e. The van der Waals surface area contributed by atoms with Crippen molar-refractivity contribution >= 4 is 0 Å². The number of aliphatic hydroxyl groups is 1. The second kappa shape index (κ2) is 3.53. The molecule has 1 aliphatic rings. The van der Waals surface area contributed by atoms with Crippen LogP contribution in [0.2, 0.25) is 0 Å². The molecule has 0 bridgehead atoms.